The van der Waals surface area contributed by atoms with E-state index in [1.165, 1.54) is 0 Å². The molecule has 0 bridgehead atoms. The molecule has 1 nitrogen and oxygen atoms in total. The van der Waals surface area contributed by atoms with Crippen LogP contribution in [0, 0.1) is 5.92 Å². The smallest absolute Gasteiger partial charge is 0.177 e. The zero-order chi connectivity index (χ0) is 9.42. The first-order valence-corrected chi connectivity index (χ1v) is 5.38. The van der Waals surface area contributed by atoms with Crippen molar-refractivity contribution in [3.05, 3.63) is 29.8 Å². The second kappa shape index (κ2) is 3.18. The highest BCUT2D eigenvalue weighted by atomic mass is 32.2. The lowest BCUT2D eigenvalue weighted by atomic mass is 10.0. The van der Waals surface area contributed by atoms with Gasteiger partial charge in [-0.3, -0.25) is 4.79 Å². The van der Waals surface area contributed by atoms with E-state index in [1.807, 2.05) is 24.3 Å². The Morgan fingerprint density at radius 1 is 1.31 bits per heavy atom. The number of hydrogen-bond acceptors (Lipinski definition) is 2. The van der Waals surface area contributed by atoms with Crippen LogP contribution in [0.25, 0.3) is 0 Å². The highest BCUT2D eigenvalue weighted by Gasteiger charge is 2.32. The summed E-state index contributed by atoms with van der Waals surface area (Å²) in [5.74, 6) is 0.723. The van der Waals surface area contributed by atoms with Gasteiger partial charge in [-0.2, -0.15) is 0 Å². The van der Waals surface area contributed by atoms with Gasteiger partial charge in [0.15, 0.2) is 5.78 Å². The fourth-order valence-corrected chi connectivity index (χ4v) is 2.79. The summed E-state index contributed by atoms with van der Waals surface area (Å²) in [6.45, 7) is 4.20. The van der Waals surface area contributed by atoms with Gasteiger partial charge in [0, 0.05) is 10.5 Å². The topological polar surface area (TPSA) is 17.1 Å². The average molecular weight is 192 g/mol. The van der Waals surface area contributed by atoms with Crippen LogP contribution >= 0.6 is 11.8 Å². The third-order valence-electron chi connectivity index (χ3n) is 2.27. The molecule has 0 saturated heterocycles. The van der Waals surface area contributed by atoms with Crippen molar-refractivity contribution in [2.45, 2.75) is 24.0 Å². The third kappa shape index (κ3) is 1.39. The Kier molecular flexibility index (Phi) is 2.16. The molecule has 0 fully saturated rings. The predicted molar refractivity (Wildman–Crippen MR) is 55.3 cm³/mol. The van der Waals surface area contributed by atoms with Crippen LogP contribution in [0.2, 0.25) is 0 Å². The Hall–Kier alpha value is -0.760. The van der Waals surface area contributed by atoms with Crippen molar-refractivity contribution in [1.82, 2.24) is 0 Å². The van der Waals surface area contributed by atoms with E-state index in [0.717, 1.165) is 10.5 Å². The molecule has 0 spiro atoms. The van der Waals surface area contributed by atoms with Gasteiger partial charge in [-0.25, -0.2) is 0 Å². The van der Waals surface area contributed by atoms with Crippen molar-refractivity contribution in [3.8, 4) is 0 Å². The first-order valence-electron chi connectivity index (χ1n) is 4.50. The summed E-state index contributed by atoms with van der Waals surface area (Å²) in [7, 11) is 0. The molecule has 0 saturated carbocycles. The van der Waals surface area contributed by atoms with Crippen LogP contribution in [0.1, 0.15) is 24.2 Å². The predicted octanol–water partition coefficient (Wildman–Crippen LogP) is 3.00. The van der Waals surface area contributed by atoms with Crippen molar-refractivity contribution in [1.29, 1.82) is 0 Å². The highest BCUT2D eigenvalue weighted by molar-refractivity contribution is 8.01. The van der Waals surface area contributed by atoms with Crippen LogP contribution < -0.4 is 0 Å². The van der Waals surface area contributed by atoms with E-state index >= 15 is 0 Å². The van der Waals surface area contributed by atoms with Crippen LogP contribution in [-0.2, 0) is 0 Å². The molecule has 0 radical (unpaired) electrons. The number of fused-ring (bicyclic) bond motifs is 1. The number of rotatable bonds is 1. The van der Waals surface area contributed by atoms with Crippen molar-refractivity contribution in [3.63, 3.8) is 0 Å². The lowest BCUT2D eigenvalue weighted by molar-refractivity contribution is 0.0978. The SMILES string of the molecule is CC(C)C1Sc2ccccc2C1=O. The summed E-state index contributed by atoms with van der Waals surface area (Å²) in [5.41, 5.74) is 0.909. The number of hydrogen-bond donors (Lipinski definition) is 0. The summed E-state index contributed by atoms with van der Waals surface area (Å²) >= 11 is 1.70. The molecule has 2 rings (SSSR count). The minimum absolute atomic E-state index is 0.136. The minimum Gasteiger partial charge on any atom is -0.293 e. The van der Waals surface area contributed by atoms with E-state index in [1.54, 1.807) is 11.8 Å². The molecule has 0 aromatic heterocycles. The first kappa shape index (κ1) is 8.82. The lowest BCUT2D eigenvalue weighted by Crippen LogP contribution is -2.17. The average Bonchev–Trinajstić information content (AvgIpc) is 2.45. The Morgan fingerprint density at radius 2 is 2.00 bits per heavy atom. The summed E-state index contributed by atoms with van der Waals surface area (Å²) in [4.78, 5) is 13.0. The molecule has 1 unspecified atom stereocenters. The molecule has 68 valence electrons. The number of benzene rings is 1. The maximum atomic E-state index is 11.8. The second-order valence-electron chi connectivity index (χ2n) is 3.64. The molecule has 0 amide bonds. The molecule has 1 aromatic carbocycles. The number of Topliss-reactive ketones (excluding diaryl/α,β-unsaturated/α-hetero) is 1. The standard InChI is InChI=1S/C11H12OS/c1-7(2)11-10(12)8-5-3-4-6-9(8)13-11/h3-7,11H,1-2H3. The fourth-order valence-electron chi connectivity index (χ4n) is 1.56. The normalized spacial score (nSPS) is 20.8. The number of carbonyl (C=O) groups excluding carboxylic acids is 1. The van der Waals surface area contributed by atoms with Crippen LogP contribution in [0.15, 0.2) is 29.2 Å². The number of carbonyl (C=O) groups is 1. The number of ketones is 1. The van der Waals surface area contributed by atoms with E-state index in [-0.39, 0.29) is 5.25 Å². The maximum absolute atomic E-state index is 11.8. The van der Waals surface area contributed by atoms with Crippen LogP contribution in [-0.4, -0.2) is 11.0 Å². The van der Waals surface area contributed by atoms with E-state index in [0.29, 0.717) is 11.7 Å². The zero-order valence-electron chi connectivity index (χ0n) is 7.78. The molecule has 1 aromatic rings. The Bertz CT molecular complexity index is 344. The van der Waals surface area contributed by atoms with Gasteiger partial charge in [-0.05, 0) is 12.0 Å². The molecule has 1 heterocycles. The van der Waals surface area contributed by atoms with Crippen molar-refractivity contribution in [2.24, 2.45) is 5.92 Å². The highest BCUT2D eigenvalue weighted by Crippen LogP contribution is 2.39. The zero-order valence-corrected chi connectivity index (χ0v) is 8.60. The van der Waals surface area contributed by atoms with Gasteiger partial charge in [0.25, 0.3) is 0 Å². The van der Waals surface area contributed by atoms with Crippen molar-refractivity contribution in [2.75, 3.05) is 0 Å². The quantitative estimate of drug-likeness (QED) is 0.680. The second-order valence-corrected chi connectivity index (χ2v) is 4.83. The van der Waals surface area contributed by atoms with E-state index < -0.39 is 0 Å². The third-order valence-corrected chi connectivity index (χ3v) is 3.89. The molecule has 0 aliphatic carbocycles. The van der Waals surface area contributed by atoms with Gasteiger partial charge < -0.3 is 0 Å². The van der Waals surface area contributed by atoms with Gasteiger partial charge in [0.1, 0.15) is 0 Å². The molecular weight excluding hydrogens is 180 g/mol. The largest absolute Gasteiger partial charge is 0.293 e. The van der Waals surface area contributed by atoms with Crippen molar-refractivity contribution >= 4 is 17.5 Å². The molecular formula is C11H12OS. The van der Waals surface area contributed by atoms with E-state index in [9.17, 15) is 4.79 Å². The van der Waals surface area contributed by atoms with Gasteiger partial charge in [0.05, 0.1) is 5.25 Å². The van der Waals surface area contributed by atoms with Crippen LogP contribution in [0.4, 0.5) is 0 Å². The number of thioether (sulfide) groups is 1. The summed E-state index contributed by atoms with van der Waals surface area (Å²) < 4.78 is 0. The van der Waals surface area contributed by atoms with Gasteiger partial charge >= 0.3 is 0 Å². The molecule has 1 aliphatic heterocycles. The molecule has 13 heavy (non-hydrogen) atoms. The van der Waals surface area contributed by atoms with E-state index in [4.69, 9.17) is 0 Å². The fraction of sp³-hybridized carbons (Fsp3) is 0.364. The Balaban J connectivity index is 2.38. The summed E-state index contributed by atoms with van der Waals surface area (Å²) in [6.07, 6.45) is 0. The minimum atomic E-state index is 0.136. The van der Waals surface area contributed by atoms with Gasteiger partial charge in [-0.15, -0.1) is 11.8 Å². The molecule has 1 atom stereocenters. The van der Waals surface area contributed by atoms with Gasteiger partial charge in [-0.1, -0.05) is 32.0 Å². The molecule has 1 aliphatic rings. The summed E-state index contributed by atoms with van der Waals surface area (Å²) in [6, 6.07) is 7.87. The summed E-state index contributed by atoms with van der Waals surface area (Å²) in [5, 5.41) is 0.136. The van der Waals surface area contributed by atoms with Crippen LogP contribution in [0.3, 0.4) is 0 Å². The monoisotopic (exact) mass is 192 g/mol. The lowest BCUT2D eigenvalue weighted by Gasteiger charge is -2.09. The van der Waals surface area contributed by atoms with Gasteiger partial charge in [0.2, 0.25) is 0 Å². The van der Waals surface area contributed by atoms with Crippen molar-refractivity contribution < 1.29 is 4.79 Å². The van der Waals surface area contributed by atoms with Crippen LogP contribution in [0.5, 0.6) is 0 Å². The molecule has 0 N–H and O–H groups in total. The Labute approximate surface area is 82.5 Å². The molecule has 2 heteroatoms. The maximum Gasteiger partial charge on any atom is 0.177 e. The van der Waals surface area contributed by atoms with E-state index in [2.05, 4.69) is 13.8 Å². The Morgan fingerprint density at radius 3 is 2.62 bits per heavy atom. The first-order chi connectivity index (χ1) is 6.20.